The molecular weight excluding hydrogens is 403 g/mol. The normalized spacial score (nSPS) is 12.4. The average molecular weight is 423 g/mol. The van der Waals surface area contributed by atoms with E-state index in [9.17, 15) is 27.9 Å². The van der Waals surface area contributed by atoms with Gasteiger partial charge in [-0.2, -0.15) is 0 Å². The van der Waals surface area contributed by atoms with Gasteiger partial charge in [0.1, 0.15) is 24.1 Å². The summed E-state index contributed by atoms with van der Waals surface area (Å²) in [6.45, 7) is 2.25. The first-order valence-electron chi connectivity index (χ1n) is 8.90. The number of alkyl halides is 3. The number of aliphatic carboxylic acids is 1. The zero-order valence-electron chi connectivity index (χ0n) is 16.0. The highest BCUT2D eigenvalue weighted by molar-refractivity contribution is 5.96. The second-order valence-electron chi connectivity index (χ2n) is 6.16. The fourth-order valence-electron chi connectivity index (χ4n) is 2.45. The van der Waals surface area contributed by atoms with Crippen molar-refractivity contribution in [2.75, 3.05) is 6.61 Å². The van der Waals surface area contributed by atoms with Crippen molar-refractivity contribution in [2.45, 2.75) is 25.7 Å². The zero-order valence-corrected chi connectivity index (χ0v) is 16.0. The molecule has 0 aliphatic carbocycles. The summed E-state index contributed by atoms with van der Waals surface area (Å²) in [7, 11) is 0. The largest absolute Gasteiger partial charge is 0.573 e. The number of hydrogen-bond acceptors (Lipinski definition) is 4. The number of benzene rings is 2. The Bertz CT molecular complexity index is 877. The van der Waals surface area contributed by atoms with Gasteiger partial charge >= 0.3 is 12.3 Å². The van der Waals surface area contributed by atoms with Crippen molar-refractivity contribution in [2.24, 2.45) is 0 Å². The van der Waals surface area contributed by atoms with Crippen LogP contribution in [0.5, 0.6) is 11.5 Å². The molecule has 0 saturated carbocycles. The third kappa shape index (κ3) is 7.50. The molecule has 0 spiro atoms. The summed E-state index contributed by atoms with van der Waals surface area (Å²) >= 11 is 0. The van der Waals surface area contributed by atoms with E-state index < -0.39 is 30.0 Å². The molecule has 0 aliphatic rings. The minimum atomic E-state index is -4.81. The lowest BCUT2D eigenvalue weighted by Crippen LogP contribution is -2.42. The number of hydrogen-bond donors (Lipinski definition) is 2. The van der Waals surface area contributed by atoms with Gasteiger partial charge in [-0.05, 0) is 48.9 Å². The molecule has 2 aromatic rings. The molecule has 0 fully saturated rings. The zero-order chi connectivity index (χ0) is 22.1. The number of carboxylic acids is 1. The van der Waals surface area contributed by atoms with Crippen LogP contribution < -0.4 is 14.8 Å². The van der Waals surface area contributed by atoms with Gasteiger partial charge in [0, 0.05) is 12.0 Å². The van der Waals surface area contributed by atoms with Gasteiger partial charge in [0.15, 0.2) is 0 Å². The van der Waals surface area contributed by atoms with Crippen molar-refractivity contribution >= 4 is 11.9 Å². The number of allylic oxidation sites excluding steroid dienone is 1. The van der Waals surface area contributed by atoms with Crippen LogP contribution in [0.4, 0.5) is 13.2 Å². The molecule has 2 N–H and O–H groups in total. The summed E-state index contributed by atoms with van der Waals surface area (Å²) in [5, 5.41) is 11.8. The van der Waals surface area contributed by atoms with Gasteiger partial charge in [0.25, 0.3) is 5.91 Å². The fraction of sp³-hybridized carbons (Fsp3) is 0.238. The van der Waals surface area contributed by atoms with Gasteiger partial charge in [0.05, 0.1) is 0 Å². The first kappa shape index (κ1) is 22.8. The van der Waals surface area contributed by atoms with Crippen LogP contribution in [0.1, 0.15) is 22.8 Å². The van der Waals surface area contributed by atoms with Gasteiger partial charge in [-0.3, -0.25) is 4.79 Å². The summed E-state index contributed by atoms with van der Waals surface area (Å²) in [4.78, 5) is 23.9. The monoisotopic (exact) mass is 423 g/mol. The minimum Gasteiger partial charge on any atom is -0.490 e. The second-order valence-corrected chi connectivity index (χ2v) is 6.16. The number of carboxylic acid groups (broad SMARTS) is 1. The Morgan fingerprint density at radius 3 is 2.20 bits per heavy atom. The molecular formula is C21H20F3NO5. The third-order valence-corrected chi connectivity index (χ3v) is 3.90. The lowest BCUT2D eigenvalue weighted by Gasteiger charge is -2.15. The van der Waals surface area contributed by atoms with Crippen LogP contribution in [0.2, 0.25) is 0 Å². The Morgan fingerprint density at radius 2 is 1.67 bits per heavy atom. The highest BCUT2D eigenvalue weighted by Gasteiger charge is 2.31. The van der Waals surface area contributed by atoms with E-state index >= 15 is 0 Å². The Hall–Kier alpha value is -3.49. The van der Waals surface area contributed by atoms with Crippen molar-refractivity contribution < 1.29 is 37.3 Å². The first-order valence-corrected chi connectivity index (χ1v) is 8.90. The van der Waals surface area contributed by atoms with E-state index in [0.29, 0.717) is 17.9 Å². The van der Waals surface area contributed by atoms with Crippen LogP contribution in [0, 0.1) is 0 Å². The lowest BCUT2D eigenvalue weighted by atomic mass is 10.1. The van der Waals surface area contributed by atoms with E-state index in [1.807, 2.05) is 19.1 Å². The maximum absolute atomic E-state index is 12.4. The number of carbonyl (C=O) groups is 2. The van der Waals surface area contributed by atoms with Gasteiger partial charge in [0.2, 0.25) is 0 Å². The molecule has 160 valence electrons. The Balaban J connectivity index is 1.99. The molecule has 1 atom stereocenters. The minimum absolute atomic E-state index is 0.113. The Labute approximate surface area is 170 Å². The van der Waals surface area contributed by atoms with E-state index in [1.54, 1.807) is 12.1 Å². The Kier molecular flexibility index (Phi) is 7.85. The second kappa shape index (κ2) is 10.3. The number of rotatable bonds is 9. The maximum atomic E-state index is 12.4. The predicted molar refractivity (Wildman–Crippen MR) is 102 cm³/mol. The highest BCUT2D eigenvalue weighted by Crippen LogP contribution is 2.23. The molecule has 0 radical (unpaired) electrons. The van der Waals surface area contributed by atoms with Crippen LogP contribution in [-0.2, 0) is 11.2 Å². The molecule has 0 bridgehead atoms. The average Bonchev–Trinajstić information content (AvgIpc) is 2.68. The molecule has 0 heterocycles. The lowest BCUT2D eigenvalue weighted by molar-refractivity contribution is -0.274. The number of nitrogens with one attached hydrogen (secondary N) is 1. The fourth-order valence-corrected chi connectivity index (χ4v) is 2.45. The molecule has 0 saturated heterocycles. The number of ether oxygens (including phenoxy) is 2. The van der Waals surface area contributed by atoms with Crippen LogP contribution in [0.3, 0.4) is 0 Å². The summed E-state index contributed by atoms with van der Waals surface area (Å²) in [5.41, 5.74) is 0.665. The summed E-state index contributed by atoms with van der Waals surface area (Å²) < 4.78 is 45.8. The topological polar surface area (TPSA) is 84.9 Å². The smallest absolute Gasteiger partial charge is 0.490 e. The molecule has 0 aromatic heterocycles. The molecule has 2 aromatic carbocycles. The summed E-state index contributed by atoms with van der Waals surface area (Å²) in [6.07, 6.45) is -1.27. The van der Waals surface area contributed by atoms with Gasteiger partial charge in [-0.15, -0.1) is 13.2 Å². The van der Waals surface area contributed by atoms with E-state index in [1.165, 1.54) is 24.3 Å². The molecule has 1 amide bonds. The SMILES string of the molecule is C/C=C/COc1ccc(C(=O)NC(Cc2ccc(OC(F)(F)F)cc2)C(=O)O)cc1. The van der Waals surface area contributed by atoms with E-state index in [4.69, 9.17) is 4.74 Å². The first-order chi connectivity index (χ1) is 14.2. The predicted octanol–water partition coefficient (Wildman–Crippen LogP) is 3.97. The van der Waals surface area contributed by atoms with E-state index in [-0.39, 0.29) is 12.0 Å². The maximum Gasteiger partial charge on any atom is 0.573 e. The number of amides is 1. The quantitative estimate of drug-likeness (QED) is 0.597. The van der Waals surface area contributed by atoms with Gasteiger partial charge in [-0.25, -0.2) is 4.79 Å². The summed E-state index contributed by atoms with van der Waals surface area (Å²) in [5.74, 6) is -1.73. The standard InChI is InChI=1S/C21H20F3NO5/c1-2-3-12-29-16-10-6-15(7-11-16)19(26)25-18(20(27)28)13-14-4-8-17(9-5-14)30-21(22,23)24/h2-11,18H,12-13H2,1H3,(H,25,26)(H,27,28)/b3-2+. The molecule has 30 heavy (non-hydrogen) atoms. The van der Waals surface area contributed by atoms with Gasteiger partial charge < -0.3 is 19.9 Å². The van der Waals surface area contributed by atoms with E-state index in [2.05, 4.69) is 10.1 Å². The van der Waals surface area contributed by atoms with Gasteiger partial charge in [-0.1, -0.05) is 24.3 Å². The van der Waals surface area contributed by atoms with Crippen molar-refractivity contribution in [1.29, 1.82) is 0 Å². The van der Waals surface area contributed by atoms with Crippen molar-refractivity contribution in [3.05, 3.63) is 71.8 Å². The highest BCUT2D eigenvalue weighted by atomic mass is 19.4. The number of carbonyl (C=O) groups excluding carboxylic acids is 1. The van der Waals surface area contributed by atoms with Crippen LogP contribution in [0.15, 0.2) is 60.7 Å². The van der Waals surface area contributed by atoms with E-state index in [0.717, 1.165) is 12.1 Å². The van der Waals surface area contributed by atoms with Crippen molar-refractivity contribution in [3.8, 4) is 11.5 Å². The van der Waals surface area contributed by atoms with Crippen LogP contribution in [0.25, 0.3) is 0 Å². The molecule has 9 heteroatoms. The molecule has 0 aliphatic heterocycles. The molecule has 2 rings (SSSR count). The van der Waals surface area contributed by atoms with Crippen molar-refractivity contribution in [3.63, 3.8) is 0 Å². The number of halogens is 3. The molecule has 1 unspecified atom stereocenters. The molecule has 6 nitrogen and oxygen atoms in total. The van der Waals surface area contributed by atoms with Crippen LogP contribution >= 0.6 is 0 Å². The third-order valence-electron chi connectivity index (χ3n) is 3.90. The Morgan fingerprint density at radius 1 is 1.07 bits per heavy atom. The van der Waals surface area contributed by atoms with Crippen LogP contribution in [-0.4, -0.2) is 36.0 Å². The summed E-state index contributed by atoms with van der Waals surface area (Å²) in [6, 6.07) is 9.69. The van der Waals surface area contributed by atoms with Crippen molar-refractivity contribution in [1.82, 2.24) is 5.32 Å².